The number of alkyl halides is 2. The quantitative estimate of drug-likeness (QED) is 0.350. The summed E-state index contributed by atoms with van der Waals surface area (Å²) in [5.74, 6) is 0. The Bertz CT molecular complexity index is 187. The first-order chi connectivity index (χ1) is 7.91. The molecular weight excluding hydrogens is 643 g/mol. The predicted molar refractivity (Wildman–Crippen MR) is 87.5 cm³/mol. The number of rotatable bonds is 6. The summed E-state index contributed by atoms with van der Waals surface area (Å²) in [6.07, 6.45) is 0. The SMILES string of the molecule is OCC(Cl)C[Te](Cl)(Cl)Cl.[O-]CC(Cl)C[Te](Cl)(Cl)Cl. The molecule has 0 radical (unpaired) electrons. The van der Waals surface area contributed by atoms with Crippen LogP contribution < -0.4 is 5.11 Å². The maximum absolute atomic E-state index is 10.0. The van der Waals surface area contributed by atoms with Crippen molar-refractivity contribution in [1.29, 1.82) is 0 Å². The monoisotopic (exact) mass is 655 g/mol. The maximum atomic E-state index is 10.0. The Morgan fingerprint density at radius 1 is 0.833 bits per heavy atom. The van der Waals surface area contributed by atoms with E-state index in [1.165, 1.54) is 0 Å². The van der Waals surface area contributed by atoms with Crippen LogP contribution in [-0.2, 0) is 0 Å². The van der Waals surface area contributed by atoms with E-state index in [-0.39, 0.29) is 17.7 Å². The van der Waals surface area contributed by atoms with Crippen LogP contribution in [0.5, 0.6) is 0 Å². The summed E-state index contributed by atoms with van der Waals surface area (Å²) in [6, 6.07) is 0. The molecule has 2 unspecified atom stereocenters. The van der Waals surface area contributed by atoms with E-state index in [1.54, 1.807) is 0 Å². The molecule has 0 bridgehead atoms. The molecule has 116 valence electrons. The van der Waals surface area contributed by atoms with E-state index in [4.69, 9.17) is 82.1 Å². The number of aliphatic hydroxyl groups excluding tert-OH is 1. The van der Waals surface area contributed by atoms with Crippen LogP contribution in [0.15, 0.2) is 0 Å². The Balaban J connectivity index is 0. The molecule has 0 aliphatic carbocycles. The molecule has 12 heteroatoms. The molecule has 0 amide bonds. The fourth-order valence-electron chi connectivity index (χ4n) is 0.511. The second-order valence-corrected chi connectivity index (χ2v) is 39.3. The van der Waals surface area contributed by atoms with E-state index in [0.29, 0.717) is 4.47 Å². The predicted octanol–water partition coefficient (Wildman–Crippen LogP) is 3.85. The van der Waals surface area contributed by atoms with Crippen LogP contribution in [0, 0.1) is 0 Å². The van der Waals surface area contributed by atoms with Crippen LogP contribution in [0.25, 0.3) is 0 Å². The van der Waals surface area contributed by atoms with Crippen molar-refractivity contribution in [2.45, 2.75) is 19.7 Å². The summed E-state index contributed by atoms with van der Waals surface area (Å²) in [5, 5.41) is 17.6. The van der Waals surface area contributed by atoms with Gasteiger partial charge in [0.2, 0.25) is 0 Å². The Labute approximate surface area is 147 Å². The van der Waals surface area contributed by atoms with Gasteiger partial charge in [-0.05, 0) is 0 Å². The molecule has 0 fully saturated rings. The third-order valence-electron chi connectivity index (χ3n) is 1.12. The number of halogens is 8. The Kier molecular flexibility index (Phi) is 16.4. The summed E-state index contributed by atoms with van der Waals surface area (Å²) in [4.78, 5) is 0. The molecule has 0 spiro atoms. The van der Waals surface area contributed by atoms with Gasteiger partial charge in [-0.1, -0.05) is 0 Å². The van der Waals surface area contributed by atoms with Gasteiger partial charge in [-0.3, -0.25) is 0 Å². The zero-order valence-electron chi connectivity index (χ0n) is 8.68. The van der Waals surface area contributed by atoms with Crippen LogP contribution in [-0.4, -0.2) is 58.7 Å². The fourth-order valence-corrected chi connectivity index (χ4v) is 14.7. The van der Waals surface area contributed by atoms with E-state index in [9.17, 15) is 5.11 Å². The number of aliphatic hydroxyl groups is 1. The molecule has 0 aliphatic heterocycles. The molecule has 0 rings (SSSR count). The van der Waals surface area contributed by atoms with Crippen molar-refractivity contribution in [3.05, 3.63) is 0 Å². The molecule has 2 nitrogen and oxygen atoms in total. The molecule has 0 aliphatic rings. The average Bonchev–Trinajstić information content (AvgIpc) is 2.13. The van der Waals surface area contributed by atoms with E-state index in [0.717, 1.165) is 0 Å². The summed E-state index contributed by atoms with van der Waals surface area (Å²) >= 11 is 4.72. The van der Waals surface area contributed by atoms with Crippen molar-refractivity contribution < 1.29 is 10.2 Å². The molecule has 1 N–H and O–H groups in total. The van der Waals surface area contributed by atoms with Crippen LogP contribution in [0.1, 0.15) is 0 Å². The van der Waals surface area contributed by atoms with E-state index in [1.807, 2.05) is 0 Å². The molecule has 2 atom stereocenters. The molecular formula is C6H11Cl8O2Te2-. The minimum absolute atomic E-state index is 0.124. The van der Waals surface area contributed by atoms with Crippen LogP contribution >= 0.6 is 77.0 Å². The standard InChI is InChI=1S/C3H6Cl4OTe.C3H5Cl4OTe/c2*4-3(1-8)2-9(5,6)7/h3,8H,1-2H2;3H,1-2H2/q;-1. The first-order valence-corrected chi connectivity index (χ1v) is 26.1. The van der Waals surface area contributed by atoms with Crippen molar-refractivity contribution in [1.82, 2.24) is 0 Å². The first kappa shape index (κ1) is 24.1. The third kappa shape index (κ3) is 22.1. The van der Waals surface area contributed by atoms with Gasteiger partial charge < -0.3 is 0 Å². The molecule has 18 heavy (non-hydrogen) atoms. The van der Waals surface area contributed by atoms with Gasteiger partial charge in [-0.25, -0.2) is 0 Å². The number of hydrogen-bond acceptors (Lipinski definition) is 2. The van der Waals surface area contributed by atoms with Gasteiger partial charge in [0.15, 0.2) is 0 Å². The Hall–Kier alpha value is 3.82. The van der Waals surface area contributed by atoms with Crippen LogP contribution in [0.4, 0.5) is 0 Å². The van der Waals surface area contributed by atoms with Gasteiger partial charge in [0.05, 0.1) is 0 Å². The summed E-state index contributed by atoms with van der Waals surface area (Å²) in [6.45, 7) is -0.497. The van der Waals surface area contributed by atoms with E-state index in [2.05, 4.69) is 0 Å². The zero-order valence-corrected chi connectivity index (χ0v) is 19.4. The summed E-state index contributed by atoms with van der Waals surface area (Å²) in [5.41, 5.74) is 0. The molecule has 0 aromatic rings. The molecule has 0 aromatic heterocycles. The van der Waals surface area contributed by atoms with Gasteiger partial charge in [0.1, 0.15) is 0 Å². The van der Waals surface area contributed by atoms with Crippen molar-refractivity contribution in [2.24, 2.45) is 0 Å². The van der Waals surface area contributed by atoms with Gasteiger partial charge in [-0.2, -0.15) is 0 Å². The van der Waals surface area contributed by atoms with Gasteiger partial charge in [0.25, 0.3) is 0 Å². The van der Waals surface area contributed by atoms with Crippen LogP contribution in [0.2, 0.25) is 8.94 Å². The summed E-state index contributed by atoms with van der Waals surface area (Å²) < 4.78 is 0.642. The molecule has 0 saturated heterocycles. The zero-order chi connectivity index (χ0) is 15.0. The molecule has 0 saturated carbocycles. The van der Waals surface area contributed by atoms with Gasteiger partial charge >= 0.3 is 150 Å². The van der Waals surface area contributed by atoms with E-state index < -0.39 is 40.4 Å². The topological polar surface area (TPSA) is 43.3 Å². The summed E-state index contributed by atoms with van der Waals surface area (Å²) in [7, 11) is 33.1. The average molecular weight is 654 g/mol. The molecule has 0 aromatic carbocycles. The number of hydrogen-bond donors (Lipinski definition) is 1. The molecule has 0 heterocycles. The first-order valence-electron chi connectivity index (χ1n) is 4.18. The van der Waals surface area contributed by atoms with Crippen molar-refractivity contribution in [3.8, 4) is 0 Å². The minimum atomic E-state index is -3.12. The normalized spacial score (nSPS) is 17.4. The van der Waals surface area contributed by atoms with Gasteiger partial charge in [-0.15, -0.1) is 0 Å². The third-order valence-corrected chi connectivity index (χ3v) is 12.4. The fraction of sp³-hybridized carbons (Fsp3) is 1.00. The van der Waals surface area contributed by atoms with Crippen molar-refractivity contribution in [2.75, 3.05) is 13.2 Å². The Morgan fingerprint density at radius 2 is 1.17 bits per heavy atom. The Morgan fingerprint density at radius 3 is 1.28 bits per heavy atom. The van der Waals surface area contributed by atoms with Gasteiger partial charge in [0, 0.05) is 0 Å². The van der Waals surface area contributed by atoms with Crippen molar-refractivity contribution in [3.63, 3.8) is 0 Å². The second kappa shape index (κ2) is 12.3. The van der Waals surface area contributed by atoms with E-state index >= 15 is 0 Å². The van der Waals surface area contributed by atoms with Crippen LogP contribution in [0.3, 0.4) is 0 Å². The second-order valence-electron chi connectivity index (χ2n) is 2.88. The van der Waals surface area contributed by atoms with Crippen molar-refractivity contribution >= 4 is 107 Å².